The molecule has 8 aromatic carbocycles. The monoisotopic (exact) mass is 730 g/mol. The average Bonchev–Trinajstić information content (AvgIpc) is 3.96. The van der Waals surface area contributed by atoms with Crippen molar-refractivity contribution in [1.82, 2.24) is 19.5 Å². The van der Waals surface area contributed by atoms with Gasteiger partial charge in [0.1, 0.15) is 22.3 Å². The lowest BCUT2D eigenvalue weighted by atomic mass is 9.99. The minimum atomic E-state index is 0.548. The largest absolute Gasteiger partial charge is 0.456 e. The Hall–Kier alpha value is -7.83. The molecule has 0 atom stereocenters. The zero-order valence-electron chi connectivity index (χ0n) is 30.4. The Bertz CT molecular complexity index is 3530. The van der Waals surface area contributed by atoms with Crippen LogP contribution in [0.2, 0.25) is 0 Å². The van der Waals surface area contributed by atoms with Gasteiger partial charge in [0.25, 0.3) is 0 Å². The van der Waals surface area contributed by atoms with E-state index in [9.17, 15) is 0 Å². The molecule has 57 heavy (non-hydrogen) atoms. The molecule has 6 nitrogen and oxygen atoms in total. The molecule has 0 fully saturated rings. The topological polar surface area (TPSA) is 69.9 Å². The zero-order valence-corrected chi connectivity index (χ0v) is 30.4. The Labute approximate surface area is 325 Å². The predicted molar refractivity (Wildman–Crippen MR) is 230 cm³/mol. The van der Waals surface area contributed by atoms with Gasteiger partial charge >= 0.3 is 0 Å². The second kappa shape index (κ2) is 12.3. The second-order valence-electron chi connectivity index (χ2n) is 14.3. The van der Waals surface area contributed by atoms with Gasteiger partial charge in [0.15, 0.2) is 17.5 Å². The minimum Gasteiger partial charge on any atom is -0.456 e. The molecule has 0 N–H and O–H groups in total. The Morgan fingerprint density at radius 2 is 0.947 bits per heavy atom. The third-order valence-corrected chi connectivity index (χ3v) is 11.1. The van der Waals surface area contributed by atoms with E-state index in [1.807, 2.05) is 60.7 Å². The van der Waals surface area contributed by atoms with E-state index in [1.165, 1.54) is 0 Å². The number of para-hydroxylation sites is 3. The van der Waals surface area contributed by atoms with E-state index >= 15 is 0 Å². The molecule has 12 aromatic rings. The molecular formula is C51H30N4O2. The molecule has 0 aliphatic rings. The smallest absolute Gasteiger partial charge is 0.167 e. The number of hydrogen-bond donors (Lipinski definition) is 0. The molecule has 4 aromatic heterocycles. The molecule has 0 aliphatic heterocycles. The summed E-state index contributed by atoms with van der Waals surface area (Å²) in [6.07, 6.45) is 0. The van der Waals surface area contributed by atoms with Crippen LogP contribution in [0.25, 0.3) is 117 Å². The first kappa shape index (κ1) is 31.5. The first-order valence-electron chi connectivity index (χ1n) is 19.0. The van der Waals surface area contributed by atoms with Crippen LogP contribution in [0.3, 0.4) is 0 Å². The average molecular weight is 731 g/mol. The molecule has 0 amide bonds. The summed E-state index contributed by atoms with van der Waals surface area (Å²) in [6, 6.07) is 62.6. The van der Waals surface area contributed by atoms with Crippen LogP contribution in [0.15, 0.2) is 191 Å². The number of furan rings is 2. The Morgan fingerprint density at radius 3 is 1.79 bits per heavy atom. The Balaban J connectivity index is 1.12. The highest BCUT2D eigenvalue weighted by molar-refractivity contribution is 6.18. The van der Waals surface area contributed by atoms with Crippen molar-refractivity contribution in [3.05, 3.63) is 182 Å². The number of fused-ring (bicyclic) bond motifs is 9. The quantitative estimate of drug-likeness (QED) is 0.176. The minimum absolute atomic E-state index is 0.548. The van der Waals surface area contributed by atoms with E-state index in [2.05, 4.69) is 126 Å². The molecule has 6 heteroatoms. The van der Waals surface area contributed by atoms with Gasteiger partial charge in [-0.1, -0.05) is 140 Å². The highest BCUT2D eigenvalue weighted by Crippen LogP contribution is 2.43. The van der Waals surface area contributed by atoms with Crippen LogP contribution in [0, 0.1) is 0 Å². The van der Waals surface area contributed by atoms with Crippen molar-refractivity contribution in [3.8, 4) is 51.0 Å². The fourth-order valence-electron chi connectivity index (χ4n) is 8.53. The summed E-state index contributed by atoms with van der Waals surface area (Å²) in [5, 5.41) is 6.52. The van der Waals surface area contributed by atoms with E-state index in [-0.39, 0.29) is 0 Å². The van der Waals surface area contributed by atoms with Gasteiger partial charge in [-0.2, -0.15) is 0 Å². The van der Waals surface area contributed by atoms with Gasteiger partial charge in [-0.15, -0.1) is 0 Å². The molecule has 12 rings (SSSR count). The molecule has 0 aliphatic carbocycles. The van der Waals surface area contributed by atoms with E-state index in [4.69, 9.17) is 23.8 Å². The van der Waals surface area contributed by atoms with Crippen LogP contribution in [-0.2, 0) is 0 Å². The third kappa shape index (κ3) is 4.87. The van der Waals surface area contributed by atoms with Crippen LogP contribution in [0.5, 0.6) is 0 Å². The first-order chi connectivity index (χ1) is 28.3. The zero-order chi connectivity index (χ0) is 37.5. The lowest BCUT2D eigenvalue weighted by molar-refractivity contribution is 0.668. The van der Waals surface area contributed by atoms with Crippen molar-refractivity contribution < 1.29 is 8.83 Å². The molecule has 4 heterocycles. The summed E-state index contributed by atoms with van der Waals surface area (Å²) < 4.78 is 15.4. The van der Waals surface area contributed by atoms with Crippen molar-refractivity contribution >= 4 is 65.7 Å². The Kier molecular flexibility index (Phi) is 6.83. The van der Waals surface area contributed by atoms with E-state index in [0.29, 0.717) is 17.5 Å². The summed E-state index contributed by atoms with van der Waals surface area (Å²) >= 11 is 0. The van der Waals surface area contributed by atoms with E-state index in [0.717, 1.165) is 99.2 Å². The van der Waals surface area contributed by atoms with E-state index in [1.54, 1.807) is 0 Å². The number of aromatic nitrogens is 4. The maximum Gasteiger partial charge on any atom is 0.167 e. The van der Waals surface area contributed by atoms with Crippen molar-refractivity contribution in [3.63, 3.8) is 0 Å². The fourth-order valence-corrected chi connectivity index (χ4v) is 8.53. The molecular weight excluding hydrogens is 701 g/mol. The Morgan fingerprint density at radius 1 is 0.351 bits per heavy atom. The first-order valence-corrected chi connectivity index (χ1v) is 19.0. The molecule has 0 radical (unpaired) electrons. The van der Waals surface area contributed by atoms with Gasteiger partial charge in [0, 0.05) is 38.1 Å². The van der Waals surface area contributed by atoms with Gasteiger partial charge < -0.3 is 13.4 Å². The third-order valence-electron chi connectivity index (χ3n) is 11.1. The summed E-state index contributed by atoms with van der Waals surface area (Å²) in [6.45, 7) is 0. The van der Waals surface area contributed by atoms with Crippen molar-refractivity contribution in [1.29, 1.82) is 0 Å². The van der Waals surface area contributed by atoms with E-state index < -0.39 is 0 Å². The van der Waals surface area contributed by atoms with Crippen molar-refractivity contribution in [2.45, 2.75) is 0 Å². The van der Waals surface area contributed by atoms with Crippen molar-refractivity contribution in [2.24, 2.45) is 0 Å². The van der Waals surface area contributed by atoms with Crippen LogP contribution < -0.4 is 0 Å². The maximum atomic E-state index is 6.58. The second-order valence-corrected chi connectivity index (χ2v) is 14.3. The van der Waals surface area contributed by atoms with Crippen LogP contribution >= 0.6 is 0 Å². The molecule has 0 saturated heterocycles. The highest BCUT2D eigenvalue weighted by Gasteiger charge is 2.22. The lowest BCUT2D eigenvalue weighted by Gasteiger charge is -2.12. The molecule has 0 saturated carbocycles. The summed E-state index contributed by atoms with van der Waals surface area (Å²) in [5.74, 6) is 1.71. The fraction of sp³-hybridized carbons (Fsp3) is 0. The maximum absolute atomic E-state index is 6.58. The molecule has 0 unspecified atom stereocenters. The summed E-state index contributed by atoms with van der Waals surface area (Å²) in [5.41, 5.74) is 11.3. The molecule has 0 spiro atoms. The number of hydrogen-bond acceptors (Lipinski definition) is 5. The van der Waals surface area contributed by atoms with Gasteiger partial charge in [0.2, 0.25) is 0 Å². The highest BCUT2D eigenvalue weighted by atomic mass is 16.3. The number of nitrogens with zero attached hydrogens (tertiary/aromatic N) is 4. The molecule has 266 valence electrons. The lowest BCUT2D eigenvalue weighted by Crippen LogP contribution is -2.01. The van der Waals surface area contributed by atoms with Crippen LogP contribution in [0.4, 0.5) is 0 Å². The number of benzene rings is 8. The van der Waals surface area contributed by atoms with Crippen molar-refractivity contribution in [2.75, 3.05) is 0 Å². The summed E-state index contributed by atoms with van der Waals surface area (Å²) in [7, 11) is 0. The van der Waals surface area contributed by atoms with Gasteiger partial charge in [0.05, 0.1) is 27.7 Å². The van der Waals surface area contributed by atoms with Gasteiger partial charge in [-0.3, -0.25) is 0 Å². The normalized spacial score (nSPS) is 11.9. The van der Waals surface area contributed by atoms with Crippen LogP contribution in [-0.4, -0.2) is 19.5 Å². The molecule has 0 bridgehead atoms. The van der Waals surface area contributed by atoms with Gasteiger partial charge in [-0.25, -0.2) is 15.0 Å². The standard InChI is InChI=1S/C51H30N4O2/c1-3-14-31(15-4-1)34-20-12-26-44-46(34)47-41(24-13-27-45(47)56-44)55-40-23-9-7-18-35(40)36-29-28-33(30-42(36)55)50-52-49(32-16-5-2-6-17-32)53-51(54-50)39-22-11-21-38-37-19-8-10-25-43(37)57-48(38)39/h1-30H. The SMILES string of the molecule is c1ccc(-c2nc(-c3ccc4c5ccccc5n(-c5cccc6oc7cccc(-c8ccccc8)c7c56)c4c3)nc(-c3cccc4c3oc3ccccc34)n2)cc1. The summed E-state index contributed by atoms with van der Waals surface area (Å²) in [4.78, 5) is 15.4. The van der Waals surface area contributed by atoms with Crippen LogP contribution in [0.1, 0.15) is 0 Å². The predicted octanol–water partition coefficient (Wildman–Crippen LogP) is 13.4. The van der Waals surface area contributed by atoms with Gasteiger partial charge in [-0.05, 0) is 53.6 Å². The number of rotatable bonds is 5.